The van der Waals surface area contributed by atoms with Gasteiger partial charge in [-0.05, 0) is 31.5 Å². The van der Waals surface area contributed by atoms with Gasteiger partial charge in [0, 0.05) is 24.9 Å². The molecule has 0 fully saturated rings. The highest BCUT2D eigenvalue weighted by atomic mass is 14.8. The number of aryl methyl sites for hydroxylation is 1. The molecule has 2 heteroatoms. The lowest BCUT2D eigenvalue weighted by molar-refractivity contribution is 0.665. The van der Waals surface area contributed by atoms with E-state index in [1.165, 1.54) is 17.7 Å². The van der Waals surface area contributed by atoms with Gasteiger partial charge >= 0.3 is 0 Å². The van der Waals surface area contributed by atoms with Gasteiger partial charge in [0.05, 0.1) is 0 Å². The van der Waals surface area contributed by atoms with E-state index in [1.807, 2.05) is 6.20 Å². The Morgan fingerprint density at radius 1 is 1.31 bits per heavy atom. The summed E-state index contributed by atoms with van der Waals surface area (Å²) in [5, 5.41) is 3.36. The van der Waals surface area contributed by atoms with Gasteiger partial charge in [0.25, 0.3) is 0 Å². The normalized spacial score (nSPS) is 10.3. The average Bonchev–Trinajstić information content (AvgIpc) is 2.15. The molecule has 0 aliphatic heterocycles. The lowest BCUT2D eigenvalue weighted by Crippen LogP contribution is -2.18. The molecule has 0 aliphatic rings. The van der Waals surface area contributed by atoms with Crippen molar-refractivity contribution >= 4 is 0 Å². The zero-order valence-electron chi connectivity index (χ0n) is 8.51. The van der Waals surface area contributed by atoms with Crippen LogP contribution in [0.15, 0.2) is 18.3 Å². The van der Waals surface area contributed by atoms with Crippen molar-refractivity contribution in [2.45, 2.75) is 26.7 Å². The van der Waals surface area contributed by atoms with Crippen LogP contribution >= 0.6 is 0 Å². The van der Waals surface area contributed by atoms with E-state index in [0.29, 0.717) is 0 Å². The van der Waals surface area contributed by atoms with Crippen molar-refractivity contribution in [3.63, 3.8) is 0 Å². The minimum Gasteiger partial charge on any atom is -0.316 e. The molecule has 13 heavy (non-hydrogen) atoms. The third kappa shape index (κ3) is 4.04. The first-order valence-corrected chi connectivity index (χ1v) is 4.95. The lowest BCUT2D eigenvalue weighted by atomic mass is 10.2. The van der Waals surface area contributed by atoms with Crippen LogP contribution in [0.5, 0.6) is 0 Å². The van der Waals surface area contributed by atoms with Crippen LogP contribution in [0.2, 0.25) is 0 Å². The quantitative estimate of drug-likeness (QED) is 0.697. The third-order valence-electron chi connectivity index (χ3n) is 1.96. The molecule has 0 saturated carbocycles. The minimum absolute atomic E-state index is 1.03. The summed E-state index contributed by atoms with van der Waals surface area (Å²) >= 11 is 0. The topological polar surface area (TPSA) is 24.9 Å². The number of aromatic nitrogens is 1. The third-order valence-corrected chi connectivity index (χ3v) is 1.96. The maximum atomic E-state index is 4.34. The van der Waals surface area contributed by atoms with Crippen molar-refractivity contribution in [3.8, 4) is 0 Å². The predicted molar refractivity (Wildman–Crippen MR) is 55.8 cm³/mol. The number of hydrogen-bond acceptors (Lipinski definition) is 2. The van der Waals surface area contributed by atoms with Gasteiger partial charge in [0.2, 0.25) is 0 Å². The molecule has 1 N–H and O–H groups in total. The van der Waals surface area contributed by atoms with Crippen molar-refractivity contribution < 1.29 is 0 Å². The Morgan fingerprint density at radius 3 is 2.77 bits per heavy atom. The number of nitrogens with one attached hydrogen (secondary N) is 1. The fourth-order valence-corrected chi connectivity index (χ4v) is 1.16. The van der Waals surface area contributed by atoms with E-state index in [2.05, 4.69) is 36.3 Å². The monoisotopic (exact) mass is 178 g/mol. The molecule has 0 spiro atoms. The second-order valence-electron chi connectivity index (χ2n) is 3.33. The van der Waals surface area contributed by atoms with Crippen molar-refractivity contribution in [1.29, 1.82) is 0 Å². The van der Waals surface area contributed by atoms with Crippen LogP contribution in [0, 0.1) is 6.92 Å². The van der Waals surface area contributed by atoms with E-state index < -0.39 is 0 Å². The molecule has 0 saturated heterocycles. The highest BCUT2D eigenvalue weighted by Crippen LogP contribution is 1.98. The molecule has 0 bridgehead atoms. The molecule has 0 aliphatic carbocycles. The van der Waals surface area contributed by atoms with E-state index in [1.54, 1.807) is 0 Å². The van der Waals surface area contributed by atoms with Crippen LogP contribution in [0.25, 0.3) is 0 Å². The SMILES string of the molecule is CCCNCCc1ccc(C)cn1. The van der Waals surface area contributed by atoms with Gasteiger partial charge in [-0.1, -0.05) is 13.0 Å². The second kappa shape index (κ2) is 5.70. The molecule has 1 heterocycles. The van der Waals surface area contributed by atoms with Gasteiger partial charge in [-0.2, -0.15) is 0 Å². The second-order valence-corrected chi connectivity index (χ2v) is 3.33. The molecule has 1 rings (SSSR count). The summed E-state index contributed by atoms with van der Waals surface area (Å²) in [7, 11) is 0. The van der Waals surface area contributed by atoms with Crippen LogP contribution < -0.4 is 5.32 Å². The van der Waals surface area contributed by atoms with Gasteiger partial charge in [0.15, 0.2) is 0 Å². The number of hydrogen-bond donors (Lipinski definition) is 1. The fraction of sp³-hybridized carbons (Fsp3) is 0.545. The standard InChI is InChI=1S/C11H18N2/c1-3-7-12-8-6-11-5-4-10(2)9-13-11/h4-5,9,12H,3,6-8H2,1-2H3. The van der Waals surface area contributed by atoms with Gasteiger partial charge in [-0.25, -0.2) is 0 Å². The van der Waals surface area contributed by atoms with Crippen molar-refractivity contribution in [1.82, 2.24) is 10.3 Å². The highest BCUT2D eigenvalue weighted by Gasteiger charge is 1.92. The number of pyridine rings is 1. The van der Waals surface area contributed by atoms with Crippen molar-refractivity contribution in [2.24, 2.45) is 0 Å². The van der Waals surface area contributed by atoms with E-state index in [0.717, 1.165) is 19.5 Å². The molecule has 0 radical (unpaired) electrons. The molecule has 0 atom stereocenters. The van der Waals surface area contributed by atoms with Crippen LogP contribution in [0.1, 0.15) is 24.6 Å². The number of rotatable bonds is 5. The summed E-state index contributed by atoms with van der Waals surface area (Å²) in [6.45, 7) is 6.37. The largest absolute Gasteiger partial charge is 0.316 e. The Kier molecular flexibility index (Phi) is 4.47. The molecular weight excluding hydrogens is 160 g/mol. The lowest BCUT2D eigenvalue weighted by Gasteiger charge is -2.02. The Labute approximate surface area is 80.4 Å². The predicted octanol–water partition coefficient (Wildman–Crippen LogP) is 1.93. The molecule has 2 nitrogen and oxygen atoms in total. The maximum absolute atomic E-state index is 4.34. The number of nitrogens with zero attached hydrogens (tertiary/aromatic N) is 1. The van der Waals surface area contributed by atoms with E-state index >= 15 is 0 Å². The molecule has 72 valence electrons. The van der Waals surface area contributed by atoms with Crippen molar-refractivity contribution in [2.75, 3.05) is 13.1 Å². The Balaban J connectivity index is 2.25. The maximum Gasteiger partial charge on any atom is 0.0416 e. The van der Waals surface area contributed by atoms with Crippen LogP contribution in [-0.4, -0.2) is 18.1 Å². The first-order chi connectivity index (χ1) is 6.33. The zero-order chi connectivity index (χ0) is 9.52. The van der Waals surface area contributed by atoms with E-state index in [-0.39, 0.29) is 0 Å². The molecule has 0 aromatic carbocycles. The summed E-state index contributed by atoms with van der Waals surface area (Å²) < 4.78 is 0. The molecule has 0 amide bonds. The Bertz CT molecular complexity index is 228. The highest BCUT2D eigenvalue weighted by molar-refractivity contribution is 5.12. The van der Waals surface area contributed by atoms with Crippen LogP contribution in [0.4, 0.5) is 0 Å². The molecular formula is C11H18N2. The van der Waals surface area contributed by atoms with Crippen LogP contribution in [0.3, 0.4) is 0 Å². The summed E-state index contributed by atoms with van der Waals surface area (Å²) in [5.74, 6) is 0. The van der Waals surface area contributed by atoms with Gasteiger partial charge in [-0.15, -0.1) is 0 Å². The fourth-order valence-electron chi connectivity index (χ4n) is 1.16. The van der Waals surface area contributed by atoms with Crippen LogP contribution in [-0.2, 0) is 6.42 Å². The summed E-state index contributed by atoms with van der Waals surface area (Å²) in [5.41, 5.74) is 2.40. The summed E-state index contributed by atoms with van der Waals surface area (Å²) in [6, 6.07) is 4.21. The zero-order valence-corrected chi connectivity index (χ0v) is 8.51. The summed E-state index contributed by atoms with van der Waals surface area (Å²) in [4.78, 5) is 4.34. The van der Waals surface area contributed by atoms with Gasteiger partial charge in [-0.3, -0.25) is 4.98 Å². The molecule has 1 aromatic rings. The van der Waals surface area contributed by atoms with E-state index in [4.69, 9.17) is 0 Å². The van der Waals surface area contributed by atoms with E-state index in [9.17, 15) is 0 Å². The van der Waals surface area contributed by atoms with Crippen molar-refractivity contribution in [3.05, 3.63) is 29.6 Å². The molecule has 0 unspecified atom stereocenters. The van der Waals surface area contributed by atoms with Gasteiger partial charge < -0.3 is 5.32 Å². The molecule has 1 aromatic heterocycles. The average molecular weight is 178 g/mol. The Hall–Kier alpha value is -0.890. The first-order valence-electron chi connectivity index (χ1n) is 4.95. The Morgan fingerprint density at radius 2 is 2.15 bits per heavy atom. The minimum atomic E-state index is 1.03. The first kappa shape index (κ1) is 10.2. The smallest absolute Gasteiger partial charge is 0.0416 e. The van der Waals surface area contributed by atoms with Gasteiger partial charge in [0.1, 0.15) is 0 Å². The summed E-state index contributed by atoms with van der Waals surface area (Å²) in [6.07, 6.45) is 4.15.